The van der Waals surface area contributed by atoms with Gasteiger partial charge in [0, 0.05) is 19.2 Å². The van der Waals surface area contributed by atoms with Gasteiger partial charge >= 0.3 is 0 Å². The minimum Gasteiger partial charge on any atom is -0.375 e. The number of ether oxygens (including phenoxy) is 1. The highest BCUT2D eigenvalue weighted by molar-refractivity contribution is 4.64. The van der Waals surface area contributed by atoms with Gasteiger partial charge in [-0.05, 0) is 32.4 Å². The van der Waals surface area contributed by atoms with Gasteiger partial charge in [-0.1, -0.05) is 13.8 Å². The molecule has 0 aromatic carbocycles. The molecule has 0 bridgehead atoms. The molecule has 0 heterocycles. The molecule has 0 aliphatic rings. The van der Waals surface area contributed by atoms with Gasteiger partial charge < -0.3 is 15.4 Å². The molecule has 0 radical (unpaired) electrons. The maximum absolute atomic E-state index is 11.7. The van der Waals surface area contributed by atoms with Gasteiger partial charge in [-0.2, -0.15) is 0 Å². The van der Waals surface area contributed by atoms with Crippen molar-refractivity contribution in [2.75, 3.05) is 32.8 Å². The lowest BCUT2D eigenvalue weighted by molar-refractivity contribution is 0.0167. The Kier molecular flexibility index (Phi) is 10.7. The van der Waals surface area contributed by atoms with Crippen LogP contribution in [0.1, 0.15) is 27.2 Å². The Balaban J connectivity index is 3.19. The molecule has 0 fully saturated rings. The van der Waals surface area contributed by atoms with E-state index in [0.717, 1.165) is 26.1 Å². The Morgan fingerprint density at radius 1 is 1.12 bits per heavy atom. The van der Waals surface area contributed by atoms with E-state index in [0.29, 0.717) is 18.6 Å². The zero-order valence-electron chi connectivity index (χ0n) is 11.1. The number of hydrogen-bond donors (Lipinski definition) is 2. The van der Waals surface area contributed by atoms with Gasteiger partial charge in [0.15, 0.2) is 0 Å². The summed E-state index contributed by atoms with van der Waals surface area (Å²) < 4.78 is 28.2. The van der Waals surface area contributed by atoms with Crippen molar-refractivity contribution in [3.05, 3.63) is 0 Å². The molecule has 0 aromatic heterocycles. The van der Waals surface area contributed by atoms with E-state index >= 15 is 0 Å². The molecule has 0 saturated carbocycles. The van der Waals surface area contributed by atoms with Crippen LogP contribution in [0.15, 0.2) is 0 Å². The van der Waals surface area contributed by atoms with Crippen LogP contribution in [0.2, 0.25) is 0 Å². The van der Waals surface area contributed by atoms with Crippen LogP contribution in [0.25, 0.3) is 0 Å². The van der Waals surface area contributed by atoms with Crippen LogP contribution in [0, 0.1) is 5.92 Å². The summed E-state index contributed by atoms with van der Waals surface area (Å²) in [6.07, 6.45) is -1.59. The Bertz CT molecular complexity index is 169. The third-order valence-electron chi connectivity index (χ3n) is 2.21. The average molecular weight is 252 g/mol. The minimum atomic E-state index is -2.36. The molecule has 0 aliphatic heterocycles. The Labute approximate surface area is 103 Å². The molecule has 2 N–H and O–H groups in total. The van der Waals surface area contributed by atoms with Gasteiger partial charge in [0.05, 0.1) is 0 Å². The number of rotatable bonds is 11. The van der Waals surface area contributed by atoms with Crippen molar-refractivity contribution in [1.82, 2.24) is 10.6 Å². The molecule has 0 aromatic rings. The van der Waals surface area contributed by atoms with Crippen molar-refractivity contribution >= 4 is 0 Å². The Hall–Kier alpha value is -0.260. The van der Waals surface area contributed by atoms with Gasteiger partial charge in [0.2, 0.25) is 0 Å². The quantitative estimate of drug-likeness (QED) is 0.551. The summed E-state index contributed by atoms with van der Waals surface area (Å²) in [5.74, 6) is 0.657. The fourth-order valence-corrected chi connectivity index (χ4v) is 1.36. The maximum Gasteiger partial charge on any atom is 0.261 e. The van der Waals surface area contributed by atoms with Crippen molar-refractivity contribution in [2.45, 2.75) is 39.7 Å². The van der Waals surface area contributed by atoms with Crippen LogP contribution in [0.4, 0.5) is 8.78 Å². The zero-order valence-corrected chi connectivity index (χ0v) is 11.1. The number of hydrogen-bond acceptors (Lipinski definition) is 3. The number of nitrogens with one attached hydrogen (secondary N) is 2. The van der Waals surface area contributed by atoms with E-state index in [9.17, 15) is 8.78 Å². The summed E-state index contributed by atoms with van der Waals surface area (Å²) in [4.78, 5) is 0. The van der Waals surface area contributed by atoms with Crippen LogP contribution >= 0.6 is 0 Å². The first-order valence-corrected chi connectivity index (χ1v) is 6.32. The van der Waals surface area contributed by atoms with Crippen molar-refractivity contribution in [3.63, 3.8) is 0 Å². The van der Waals surface area contributed by atoms with E-state index in [1.54, 1.807) is 0 Å². The van der Waals surface area contributed by atoms with Gasteiger partial charge in [0.25, 0.3) is 6.43 Å². The van der Waals surface area contributed by atoms with Crippen LogP contribution in [-0.2, 0) is 4.74 Å². The molecule has 1 unspecified atom stereocenters. The molecule has 104 valence electrons. The fourth-order valence-electron chi connectivity index (χ4n) is 1.36. The van der Waals surface area contributed by atoms with Gasteiger partial charge in [0.1, 0.15) is 6.61 Å². The lowest BCUT2D eigenvalue weighted by Gasteiger charge is -2.15. The van der Waals surface area contributed by atoms with Gasteiger partial charge in [-0.3, -0.25) is 0 Å². The lowest BCUT2D eigenvalue weighted by atomic mass is 10.2. The average Bonchev–Trinajstić information content (AvgIpc) is 2.22. The van der Waals surface area contributed by atoms with Crippen molar-refractivity contribution in [3.8, 4) is 0 Å². The molecule has 0 spiro atoms. The molecular formula is C12H26F2N2O. The number of halogens is 2. The normalized spacial score (nSPS) is 13.6. The van der Waals surface area contributed by atoms with E-state index in [1.165, 1.54) is 0 Å². The minimum absolute atomic E-state index is 0.392. The van der Waals surface area contributed by atoms with Crippen molar-refractivity contribution < 1.29 is 13.5 Å². The molecule has 0 aliphatic carbocycles. The molecule has 1 atom stereocenters. The predicted octanol–water partition coefficient (Wildman–Crippen LogP) is 1.88. The lowest BCUT2D eigenvalue weighted by Crippen LogP contribution is -2.38. The number of alkyl halides is 2. The van der Waals surface area contributed by atoms with Gasteiger partial charge in [-0.15, -0.1) is 0 Å². The summed E-state index contributed by atoms with van der Waals surface area (Å²) in [7, 11) is 0. The van der Waals surface area contributed by atoms with E-state index < -0.39 is 13.0 Å². The second kappa shape index (κ2) is 10.9. The summed E-state index contributed by atoms with van der Waals surface area (Å²) in [6.45, 7) is 9.13. The molecule has 0 amide bonds. The Morgan fingerprint density at radius 2 is 1.82 bits per heavy atom. The largest absolute Gasteiger partial charge is 0.375 e. The van der Waals surface area contributed by atoms with Gasteiger partial charge in [-0.25, -0.2) is 8.78 Å². The Morgan fingerprint density at radius 3 is 2.41 bits per heavy atom. The second-order valence-corrected chi connectivity index (χ2v) is 4.73. The molecule has 0 rings (SSSR count). The topological polar surface area (TPSA) is 33.3 Å². The zero-order chi connectivity index (χ0) is 13.1. The molecular weight excluding hydrogens is 226 g/mol. The van der Waals surface area contributed by atoms with Crippen LogP contribution in [0.5, 0.6) is 0 Å². The summed E-state index contributed by atoms with van der Waals surface area (Å²) in [6, 6.07) is 0.392. The third kappa shape index (κ3) is 13.7. The van der Waals surface area contributed by atoms with E-state index in [1.807, 2.05) is 0 Å². The summed E-state index contributed by atoms with van der Waals surface area (Å²) >= 11 is 0. The third-order valence-corrected chi connectivity index (χ3v) is 2.21. The smallest absolute Gasteiger partial charge is 0.261 e. The highest BCUT2D eigenvalue weighted by Crippen LogP contribution is 1.93. The van der Waals surface area contributed by atoms with Crippen LogP contribution in [-0.4, -0.2) is 45.3 Å². The first kappa shape index (κ1) is 16.7. The second-order valence-electron chi connectivity index (χ2n) is 4.73. The first-order valence-electron chi connectivity index (χ1n) is 6.32. The monoisotopic (exact) mass is 252 g/mol. The van der Waals surface area contributed by atoms with Crippen molar-refractivity contribution in [1.29, 1.82) is 0 Å². The maximum atomic E-state index is 11.7. The molecule has 3 nitrogen and oxygen atoms in total. The van der Waals surface area contributed by atoms with E-state index in [2.05, 4.69) is 31.4 Å². The van der Waals surface area contributed by atoms with Crippen LogP contribution < -0.4 is 10.6 Å². The van der Waals surface area contributed by atoms with E-state index in [4.69, 9.17) is 4.74 Å². The van der Waals surface area contributed by atoms with Crippen LogP contribution in [0.3, 0.4) is 0 Å². The molecule has 17 heavy (non-hydrogen) atoms. The van der Waals surface area contributed by atoms with E-state index in [-0.39, 0.29) is 0 Å². The predicted molar refractivity (Wildman–Crippen MR) is 66.6 cm³/mol. The summed E-state index contributed by atoms with van der Waals surface area (Å²) in [5.41, 5.74) is 0. The van der Waals surface area contributed by atoms with Crippen molar-refractivity contribution in [2.24, 2.45) is 5.92 Å². The SMILES string of the molecule is CC(C)CNCC(C)NCCCOCC(F)F. The first-order chi connectivity index (χ1) is 8.02. The fraction of sp³-hybridized carbons (Fsp3) is 1.00. The summed E-state index contributed by atoms with van der Waals surface area (Å²) in [5, 5.41) is 6.67. The highest BCUT2D eigenvalue weighted by atomic mass is 19.3. The standard InChI is InChI=1S/C12H26F2N2O/c1-10(2)7-15-8-11(3)16-5-4-6-17-9-12(13)14/h10-12,15-16H,4-9H2,1-3H3. The molecule has 0 saturated heterocycles. The molecule has 5 heteroatoms. The highest BCUT2D eigenvalue weighted by Gasteiger charge is 2.02.